The predicted molar refractivity (Wildman–Crippen MR) is 114 cm³/mol. The number of aromatic nitrogens is 1. The molecule has 30 heavy (non-hydrogen) atoms. The van der Waals surface area contributed by atoms with E-state index in [4.69, 9.17) is 4.74 Å². The lowest BCUT2D eigenvalue weighted by molar-refractivity contribution is -0.117. The van der Waals surface area contributed by atoms with Crippen LogP contribution >= 0.6 is 27.3 Å². The van der Waals surface area contributed by atoms with Crippen molar-refractivity contribution in [2.75, 3.05) is 11.4 Å². The van der Waals surface area contributed by atoms with Gasteiger partial charge < -0.3 is 15.0 Å². The molecule has 0 bridgehead atoms. The van der Waals surface area contributed by atoms with Crippen molar-refractivity contribution < 1.29 is 18.7 Å². The maximum absolute atomic E-state index is 14.7. The largest absolute Gasteiger partial charge is 0.413 e. The molecule has 1 atom stereocenters. The first-order valence-electron chi connectivity index (χ1n) is 8.92. The number of pyridine rings is 1. The van der Waals surface area contributed by atoms with Crippen LogP contribution in [0.5, 0.6) is 5.06 Å². The van der Waals surface area contributed by atoms with E-state index in [1.54, 1.807) is 30.3 Å². The highest BCUT2D eigenvalue weighted by Gasteiger charge is 2.33. The lowest BCUT2D eigenvalue weighted by Crippen LogP contribution is -2.38. The van der Waals surface area contributed by atoms with Crippen molar-refractivity contribution in [2.45, 2.75) is 12.5 Å². The lowest BCUT2D eigenvalue weighted by atomic mass is 10.2. The minimum absolute atomic E-state index is 0.0303. The third-order valence-corrected chi connectivity index (χ3v) is 6.01. The molecule has 1 aliphatic heterocycles. The van der Waals surface area contributed by atoms with Crippen molar-refractivity contribution in [3.63, 3.8) is 0 Å². The normalized spacial score (nSPS) is 16.0. The van der Waals surface area contributed by atoms with Crippen molar-refractivity contribution in [3.05, 3.63) is 74.7 Å². The van der Waals surface area contributed by atoms with Crippen LogP contribution in [0, 0.1) is 5.82 Å². The highest BCUT2D eigenvalue weighted by molar-refractivity contribution is 9.11. The summed E-state index contributed by atoms with van der Waals surface area (Å²) in [4.78, 5) is 37.6. The van der Waals surface area contributed by atoms with Crippen LogP contribution in [0.4, 0.5) is 14.9 Å². The quantitative estimate of drug-likeness (QED) is 0.603. The van der Waals surface area contributed by atoms with Crippen molar-refractivity contribution in [3.8, 4) is 10.8 Å². The number of thiophene rings is 1. The van der Waals surface area contributed by atoms with Gasteiger partial charge in [-0.15, -0.1) is 0 Å². The van der Waals surface area contributed by atoms with Crippen LogP contribution in [0.2, 0.25) is 0 Å². The fraction of sp³-hybridized carbons (Fsp3) is 0.150. The van der Waals surface area contributed by atoms with E-state index >= 15 is 0 Å². The minimum atomic E-state index is -0.678. The standard InChI is InChI=1S/C20H15BrFN3O4S/c21-16-6-7-19(30-16)29-20(28)23-12-9-18(27)25(11-12)15-5-4-13(10-14(15)22)24-8-2-1-3-17(24)26/h1-8,10,12H,9,11H2,(H,23,28). The van der Waals surface area contributed by atoms with Gasteiger partial charge in [-0.1, -0.05) is 17.4 Å². The fourth-order valence-corrected chi connectivity index (χ4v) is 4.37. The Bertz CT molecular complexity index is 1180. The lowest BCUT2D eigenvalue weighted by Gasteiger charge is -2.18. The second kappa shape index (κ2) is 8.41. The monoisotopic (exact) mass is 491 g/mol. The molecule has 1 aliphatic rings. The molecule has 10 heteroatoms. The molecule has 1 fully saturated rings. The molecule has 1 unspecified atom stereocenters. The molecule has 0 spiro atoms. The third kappa shape index (κ3) is 4.29. The van der Waals surface area contributed by atoms with Crippen molar-refractivity contribution in [1.82, 2.24) is 9.88 Å². The Balaban J connectivity index is 1.45. The Morgan fingerprint density at radius 1 is 1.20 bits per heavy atom. The predicted octanol–water partition coefficient (Wildman–Crippen LogP) is 3.69. The molecule has 0 radical (unpaired) electrons. The van der Waals surface area contributed by atoms with Crippen LogP contribution in [0.3, 0.4) is 0 Å². The first-order chi connectivity index (χ1) is 14.4. The summed E-state index contributed by atoms with van der Waals surface area (Å²) in [5.41, 5.74) is 0.156. The zero-order valence-electron chi connectivity index (χ0n) is 15.4. The number of hydrogen-bond donors (Lipinski definition) is 1. The molecule has 0 aliphatic carbocycles. The molecular weight excluding hydrogens is 477 g/mol. The summed E-state index contributed by atoms with van der Waals surface area (Å²) in [5, 5.41) is 3.05. The highest BCUT2D eigenvalue weighted by Crippen LogP contribution is 2.29. The summed E-state index contributed by atoms with van der Waals surface area (Å²) < 4.78 is 22.1. The summed E-state index contributed by atoms with van der Waals surface area (Å²) >= 11 is 4.54. The minimum Gasteiger partial charge on any atom is -0.399 e. The fourth-order valence-electron chi connectivity index (χ4n) is 3.18. The van der Waals surface area contributed by atoms with Gasteiger partial charge in [0.25, 0.3) is 5.56 Å². The van der Waals surface area contributed by atoms with E-state index in [9.17, 15) is 18.8 Å². The molecule has 1 aromatic carbocycles. The average Bonchev–Trinajstić information content (AvgIpc) is 3.27. The summed E-state index contributed by atoms with van der Waals surface area (Å²) in [6, 6.07) is 11.8. The van der Waals surface area contributed by atoms with Gasteiger partial charge >= 0.3 is 6.09 Å². The molecule has 4 rings (SSSR count). The molecular formula is C20H15BrFN3O4S. The Hall–Kier alpha value is -2.98. The Morgan fingerprint density at radius 3 is 2.73 bits per heavy atom. The van der Waals surface area contributed by atoms with Crippen LogP contribution in [0.25, 0.3) is 5.69 Å². The maximum Gasteiger partial charge on any atom is 0.413 e. The van der Waals surface area contributed by atoms with E-state index < -0.39 is 18.0 Å². The van der Waals surface area contributed by atoms with Gasteiger partial charge in [-0.2, -0.15) is 0 Å². The molecule has 3 aromatic rings. The summed E-state index contributed by atoms with van der Waals surface area (Å²) in [6.07, 6.45) is 0.890. The number of carbonyl (C=O) groups excluding carboxylic acids is 2. The summed E-state index contributed by atoms with van der Waals surface area (Å²) in [5.74, 6) is -0.953. The van der Waals surface area contributed by atoms with Gasteiger partial charge in [0, 0.05) is 31.3 Å². The molecule has 2 aromatic heterocycles. The van der Waals surface area contributed by atoms with E-state index in [1.165, 1.54) is 45.2 Å². The number of anilines is 1. The van der Waals surface area contributed by atoms with Crippen molar-refractivity contribution in [2.24, 2.45) is 0 Å². The van der Waals surface area contributed by atoms with Gasteiger partial charge in [0.2, 0.25) is 5.91 Å². The molecule has 7 nitrogen and oxygen atoms in total. The van der Waals surface area contributed by atoms with Gasteiger partial charge in [0.05, 0.1) is 21.2 Å². The van der Waals surface area contributed by atoms with E-state index in [1.807, 2.05) is 0 Å². The van der Waals surface area contributed by atoms with Crippen LogP contribution in [-0.2, 0) is 4.79 Å². The number of halogens is 2. The number of hydrogen-bond acceptors (Lipinski definition) is 5. The average molecular weight is 492 g/mol. The van der Waals surface area contributed by atoms with E-state index in [0.717, 1.165) is 3.79 Å². The SMILES string of the molecule is O=C(NC1CC(=O)N(c2ccc(-n3ccccc3=O)cc2F)C1)Oc1ccc(Br)s1. The summed E-state index contributed by atoms with van der Waals surface area (Å²) in [6.45, 7) is 0.115. The van der Waals surface area contributed by atoms with Crippen molar-refractivity contribution in [1.29, 1.82) is 0 Å². The van der Waals surface area contributed by atoms with Crippen LogP contribution in [0.1, 0.15) is 6.42 Å². The molecule has 1 saturated heterocycles. The zero-order chi connectivity index (χ0) is 21.3. The molecule has 0 saturated carbocycles. The number of nitrogens with one attached hydrogen (secondary N) is 1. The van der Waals surface area contributed by atoms with Gasteiger partial charge in [-0.25, -0.2) is 9.18 Å². The van der Waals surface area contributed by atoms with E-state index in [2.05, 4.69) is 21.2 Å². The van der Waals surface area contributed by atoms with Crippen LogP contribution in [0.15, 0.2) is 63.3 Å². The number of nitrogens with zero attached hydrogens (tertiary/aromatic N) is 2. The number of rotatable bonds is 4. The molecule has 2 amide bonds. The Kier molecular flexibility index (Phi) is 5.69. The molecule has 1 N–H and O–H groups in total. The van der Waals surface area contributed by atoms with E-state index in [0.29, 0.717) is 10.8 Å². The first-order valence-corrected chi connectivity index (χ1v) is 10.5. The summed E-state index contributed by atoms with van der Waals surface area (Å²) in [7, 11) is 0. The number of ether oxygens (including phenoxy) is 1. The third-order valence-electron chi connectivity index (χ3n) is 4.51. The first kappa shape index (κ1) is 20.3. The second-order valence-corrected chi connectivity index (χ2v) is 8.97. The van der Waals surface area contributed by atoms with Gasteiger partial charge in [-0.3, -0.25) is 14.2 Å². The molecule has 3 heterocycles. The second-order valence-electron chi connectivity index (χ2n) is 6.54. The molecule has 154 valence electrons. The number of amides is 2. The maximum atomic E-state index is 14.7. The van der Waals surface area contributed by atoms with Gasteiger partial charge in [-0.05, 0) is 46.3 Å². The smallest absolute Gasteiger partial charge is 0.399 e. The van der Waals surface area contributed by atoms with E-state index in [-0.39, 0.29) is 30.1 Å². The number of benzene rings is 1. The zero-order valence-corrected chi connectivity index (χ0v) is 17.8. The van der Waals surface area contributed by atoms with Crippen LogP contribution in [-0.4, -0.2) is 29.2 Å². The number of carbonyl (C=O) groups is 2. The Labute approximate surface area is 182 Å². The Morgan fingerprint density at radius 2 is 2.03 bits per heavy atom. The highest BCUT2D eigenvalue weighted by atomic mass is 79.9. The van der Waals surface area contributed by atoms with Gasteiger partial charge in [0.15, 0.2) is 5.06 Å². The van der Waals surface area contributed by atoms with Gasteiger partial charge in [0.1, 0.15) is 5.82 Å². The van der Waals surface area contributed by atoms with Crippen molar-refractivity contribution >= 4 is 45.0 Å². The topological polar surface area (TPSA) is 80.6 Å². The van der Waals surface area contributed by atoms with Crippen LogP contribution < -0.4 is 20.5 Å².